The Kier molecular flexibility index (Phi) is 5.25. The van der Waals surface area contributed by atoms with Gasteiger partial charge in [-0.15, -0.1) is 0 Å². The summed E-state index contributed by atoms with van der Waals surface area (Å²) < 4.78 is 0. The number of hydrogen-bond donors (Lipinski definition) is 1. The monoisotopic (exact) mass is 309 g/mol. The average Bonchev–Trinajstić information content (AvgIpc) is 2.62. The number of anilines is 1. The number of benzene rings is 1. The molecular formula is C19H23N3O. The van der Waals surface area contributed by atoms with E-state index in [1.165, 1.54) is 6.42 Å². The number of carbonyl (C=O) groups is 1. The second-order valence-corrected chi connectivity index (χ2v) is 6.00. The molecule has 1 fully saturated rings. The summed E-state index contributed by atoms with van der Waals surface area (Å²) in [5.41, 5.74) is 1.95. The number of nitrogens with one attached hydrogen (secondary N) is 1. The van der Waals surface area contributed by atoms with Crippen LogP contribution in [0.5, 0.6) is 0 Å². The Balaban J connectivity index is 1.60. The van der Waals surface area contributed by atoms with Crippen LogP contribution in [0.4, 0.5) is 10.5 Å². The fraction of sp³-hybridized carbons (Fsp3) is 0.368. The molecule has 0 saturated carbocycles. The Morgan fingerprint density at radius 1 is 1.13 bits per heavy atom. The molecule has 120 valence electrons. The highest BCUT2D eigenvalue weighted by atomic mass is 16.2. The second-order valence-electron chi connectivity index (χ2n) is 6.00. The molecule has 0 radical (unpaired) electrons. The van der Waals surface area contributed by atoms with E-state index >= 15 is 0 Å². The number of carbonyl (C=O) groups excluding carboxylic acids is 1. The van der Waals surface area contributed by atoms with E-state index in [0.29, 0.717) is 6.04 Å². The average molecular weight is 309 g/mol. The molecule has 0 aliphatic carbocycles. The molecule has 2 amide bonds. The third-order valence-corrected chi connectivity index (χ3v) is 4.37. The summed E-state index contributed by atoms with van der Waals surface area (Å²) in [5, 5.41) is 3.01. The van der Waals surface area contributed by atoms with Gasteiger partial charge in [-0.3, -0.25) is 4.98 Å². The molecule has 4 nitrogen and oxygen atoms in total. The molecule has 1 aromatic carbocycles. The highest BCUT2D eigenvalue weighted by Crippen LogP contribution is 2.22. The van der Waals surface area contributed by atoms with E-state index in [1.54, 1.807) is 0 Å². The van der Waals surface area contributed by atoms with Gasteiger partial charge in [0.15, 0.2) is 0 Å². The predicted octanol–water partition coefficient (Wildman–Crippen LogP) is 4.10. The van der Waals surface area contributed by atoms with Crippen molar-refractivity contribution in [2.45, 2.75) is 38.1 Å². The van der Waals surface area contributed by atoms with Crippen LogP contribution in [0, 0.1) is 0 Å². The number of aromatic nitrogens is 1. The van der Waals surface area contributed by atoms with Gasteiger partial charge in [-0.05, 0) is 56.4 Å². The molecule has 1 aliphatic rings. The van der Waals surface area contributed by atoms with Crippen LogP contribution in [0.2, 0.25) is 0 Å². The summed E-state index contributed by atoms with van der Waals surface area (Å²) in [6.07, 6.45) is 7.08. The van der Waals surface area contributed by atoms with Crippen molar-refractivity contribution >= 4 is 11.7 Å². The van der Waals surface area contributed by atoms with E-state index in [4.69, 9.17) is 0 Å². The first kappa shape index (κ1) is 15.5. The van der Waals surface area contributed by atoms with Gasteiger partial charge in [0.25, 0.3) is 0 Å². The van der Waals surface area contributed by atoms with Crippen molar-refractivity contribution in [2.24, 2.45) is 0 Å². The molecule has 3 rings (SSSR count). The summed E-state index contributed by atoms with van der Waals surface area (Å²) in [6.45, 7) is 0.839. The molecule has 1 saturated heterocycles. The van der Waals surface area contributed by atoms with Gasteiger partial charge in [0, 0.05) is 30.2 Å². The molecule has 0 spiro atoms. The standard InChI is InChI=1S/C19H23N3O/c23-19(21-17-9-2-1-3-10-17)22-15-7-5-11-18(22)13-12-16-8-4-6-14-20-16/h1-4,6,8-10,14,18H,5,7,11-13,15H2,(H,21,23)/t18-/m0/s1. The van der Waals surface area contributed by atoms with Crippen LogP contribution >= 0.6 is 0 Å². The lowest BCUT2D eigenvalue weighted by Gasteiger charge is -2.35. The largest absolute Gasteiger partial charge is 0.322 e. The van der Waals surface area contributed by atoms with Crippen molar-refractivity contribution in [3.05, 3.63) is 60.4 Å². The Labute approximate surface area is 137 Å². The van der Waals surface area contributed by atoms with E-state index in [-0.39, 0.29) is 6.03 Å². The molecule has 2 heterocycles. The maximum absolute atomic E-state index is 12.6. The molecule has 0 bridgehead atoms. The number of para-hydroxylation sites is 1. The first-order valence-electron chi connectivity index (χ1n) is 8.35. The van der Waals surface area contributed by atoms with E-state index in [0.717, 1.165) is 43.6 Å². The minimum atomic E-state index is 0.0157. The van der Waals surface area contributed by atoms with E-state index in [2.05, 4.69) is 16.4 Å². The quantitative estimate of drug-likeness (QED) is 0.924. The Bertz CT molecular complexity index is 615. The minimum Gasteiger partial charge on any atom is -0.322 e. The number of nitrogens with zero attached hydrogens (tertiary/aromatic N) is 2. The van der Waals surface area contributed by atoms with Gasteiger partial charge in [-0.1, -0.05) is 24.3 Å². The topological polar surface area (TPSA) is 45.2 Å². The predicted molar refractivity (Wildman–Crippen MR) is 92.4 cm³/mol. The van der Waals surface area contributed by atoms with Gasteiger partial charge in [-0.25, -0.2) is 4.79 Å². The number of rotatable bonds is 4. The molecule has 4 heteroatoms. The molecule has 1 aliphatic heterocycles. The van der Waals surface area contributed by atoms with Crippen LogP contribution in [-0.2, 0) is 6.42 Å². The zero-order valence-corrected chi connectivity index (χ0v) is 13.3. The first-order chi connectivity index (χ1) is 11.3. The van der Waals surface area contributed by atoms with Gasteiger partial charge < -0.3 is 10.2 Å². The Morgan fingerprint density at radius 2 is 1.96 bits per heavy atom. The number of amides is 2. The van der Waals surface area contributed by atoms with E-state index in [1.807, 2.05) is 53.6 Å². The summed E-state index contributed by atoms with van der Waals surface area (Å²) in [7, 11) is 0. The van der Waals surface area contributed by atoms with Gasteiger partial charge in [-0.2, -0.15) is 0 Å². The zero-order valence-electron chi connectivity index (χ0n) is 13.3. The van der Waals surface area contributed by atoms with Crippen molar-refractivity contribution in [3.63, 3.8) is 0 Å². The van der Waals surface area contributed by atoms with Crippen molar-refractivity contribution in [1.29, 1.82) is 0 Å². The van der Waals surface area contributed by atoms with Crippen molar-refractivity contribution < 1.29 is 4.79 Å². The van der Waals surface area contributed by atoms with Crippen LogP contribution in [0.25, 0.3) is 0 Å². The summed E-state index contributed by atoms with van der Waals surface area (Å²) >= 11 is 0. The van der Waals surface area contributed by atoms with Crippen LogP contribution in [0.1, 0.15) is 31.4 Å². The van der Waals surface area contributed by atoms with Crippen LogP contribution in [-0.4, -0.2) is 28.5 Å². The van der Waals surface area contributed by atoms with Crippen molar-refractivity contribution in [1.82, 2.24) is 9.88 Å². The van der Waals surface area contributed by atoms with Crippen molar-refractivity contribution in [3.8, 4) is 0 Å². The van der Waals surface area contributed by atoms with Gasteiger partial charge >= 0.3 is 6.03 Å². The lowest BCUT2D eigenvalue weighted by atomic mass is 9.97. The summed E-state index contributed by atoms with van der Waals surface area (Å²) in [6, 6.07) is 16.0. The van der Waals surface area contributed by atoms with Gasteiger partial charge in [0.1, 0.15) is 0 Å². The second kappa shape index (κ2) is 7.77. The molecule has 1 aromatic heterocycles. The molecule has 2 aromatic rings. The normalized spacial score (nSPS) is 17.7. The fourth-order valence-electron chi connectivity index (χ4n) is 3.15. The molecule has 23 heavy (non-hydrogen) atoms. The zero-order chi connectivity index (χ0) is 15.9. The van der Waals surface area contributed by atoms with Crippen LogP contribution in [0.3, 0.4) is 0 Å². The Hall–Kier alpha value is -2.36. The SMILES string of the molecule is O=C(Nc1ccccc1)N1CCCC[C@H]1CCc1ccccn1. The highest BCUT2D eigenvalue weighted by Gasteiger charge is 2.26. The maximum Gasteiger partial charge on any atom is 0.322 e. The number of aryl methyl sites for hydroxylation is 1. The molecule has 1 N–H and O–H groups in total. The number of urea groups is 1. The lowest BCUT2D eigenvalue weighted by molar-refractivity contribution is 0.158. The Morgan fingerprint density at radius 3 is 2.74 bits per heavy atom. The summed E-state index contributed by atoms with van der Waals surface area (Å²) in [5.74, 6) is 0. The minimum absolute atomic E-state index is 0.0157. The fourth-order valence-corrected chi connectivity index (χ4v) is 3.15. The summed E-state index contributed by atoms with van der Waals surface area (Å²) in [4.78, 5) is 19.0. The number of pyridine rings is 1. The highest BCUT2D eigenvalue weighted by molar-refractivity contribution is 5.89. The molecule has 1 atom stereocenters. The van der Waals surface area contributed by atoms with Crippen LogP contribution < -0.4 is 5.32 Å². The van der Waals surface area contributed by atoms with Gasteiger partial charge in [0.05, 0.1) is 0 Å². The third-order valence-electron chi connectivity index (χ3n) is 4.37. The van der Waals surface area contributed by atoms with E-state index < -0.39 is 0 Å². The molecular weight excluding hydrogens is 286 g/mol. The van der Waals surface area contributed by atoms with E-state index in [9.17, 15) is 4.79 Å². The number of hydrogen-bond acceptors (Lipinski definition) is 2. The first-order valence-corrected chi connectivity index (χ1v) is 8.35. The third kappa shape index (κ3) is 4.31. The van der Waals surface area contributed by atoms with Gasteiger partial charge in [0.2, 0.25) is 0 Å². The number of likely N-dealkylation sites (tertiary alicyclic amines) is 1. The molecule has 0 unspecified atom stereocenters. The number of piperidine rings is 1. The lowest BCUT2D eigenvalue weighted by Crippen LogP contribution is -2.46. The van der Waals surface area contributed by atoms with Crippen LogP contribution in [0.15, 0.2) is 54.7 Å². The smallest absolute Gasteiger partial charge is 0.322 e. The van der Waals surface area contributed by atoms with Crippen molar-refractivity contribution in [2.75, 3.05) is 11.9 Å². The maximum atomic E-state index is 12.6.